The molecule has 3 aromatic carbocycles. The van der Waals surface area contributed by atoms with E-state index in [-0.39, 0.29) is 44.3 Å². The molecule has 8 nitrogen and oxygen atoms in total. The summed E-state index contributed by atoms with van der Waals surface area (Å²) in [5, 5.41) is 0. The number of rotatable bonds is 24. The molecule has 0 heterocycles. The van der Waals surface area contributed by atoms with Gasteiger partial charge in [-0.2, -0.15) is 0 Å². The van der Waals surface area contributed by atoms with Crippen LogP contribution in [0.4, 0.5) is 4.39 Å². The van der Waals surface area contributed by atoms with E-state index in [1.807, 2.05) is 12.1 Å². The Kier molecular flexibility index (Phi) is 18.8. The molecule has 59 heavy (non-hydrogen) atoms. The van der Waals surface area contributed by atoms with Gasteiger partial charge in [0.1, 0.15) is 18.2 Å². The first-order chi connectivity index (χ1) is 28.4. The van der Waals surface area contributed by atoms with Crippen molar-refractivity contribution in [2.75, 3.05) is 39.5 Å². The second kappa shape index (κ2) is 23.5. The Balaban J connectivity index is 1.66. The molecule has 0 amide bonds. The molecule has 3 aromatic rings. The molecule has 9 heteroatoms. The van der Waals surface area contributed by atoms with Gasteiger partial charge in [-0.25, -0.2) is 14.0 Å². The molecule has 0 spiro atoms. The van der Waals surface area contributed by atoms with Gasteiger partial charge < -0.3 is 31.4 Å². The molecule has 0 bridgehead atoms. The molecule has 0 aliphatic heterocycles. The molecule has 0 aromatic heterocycles. The van der Waals surface area contributed by atoms with E-state index in [9.17, 15) is 9.59 Å². The van der Waals surface area contributed by atoms with Gasteiger partial charge in [0, 0.05) is 29.8 Å². The third kappa shape index (κ3) is 13.3. The van der Waals surface area contributed by atoms with E-state index in [1.54, 1.807) is 19.9 Å². The van der Waals surface area contributed by atoms with Crippen molar-refractivity contribution in [3.05, 3.63) is 101 Å². The smallest absolute Gasteiger partial charge is 0.333 e. The highest BCUT2D eigenvalue weighted by molar-refractivity contribution is 5.87. The average Bonchev–Trinajstić information content (AvgIpc) is 3.24. The van der Waals surface area contributed by atoms with Crippen molar-refractivity contribution in [3.63, 3.8) is 0 Å². The molecule has 0 saturated heterocycles. The summed E-state index contributed by atoms with van der Waals surface area (Å²) in [5.74, 6) is 0.797. The Morgan fingerprint density at radius 3 is 1.97 bits per heavy atom. The van der Waals surface area contributed by atoms with Gasteiger partial charge in [-0.05, 0) is 147 Å². The van der Waals surface area contributed by atoms with Gasteiger partial charge in [-0.1, -0.05) is 83.0 Å². The molecular formula is C50H70FN3O5. The number of esters is 2. The largest absolute Gasteiger partial charge is 0.492 e. The summed E-state index contributed by atoms with van der Waals surface area (Å²) < 4.78 is 33.6. The lowest BCUT2D eigenvalue weighted by molar-refractivity contribution is -0.143. The summed E-state index contributed by atoms with van der Waals surface area (Å²) in [6.07, 6.45) is 13.1. The monoisotopic (exact) mass is 812 g/mol. The number of hydrogen-bond acceptors (Lipinski definition) is 8. The Bertz CT molecular complexity index is 1880. The number of nitrogens with two attached hydrogens (primary N) is 3. The molecular weight excluding hydrogens is 742 g/mol. The fraction of sp³-hybridized carbons (Fsp3) is 0.520. The molecule has 0 atom stereocenters. The van der Waals surface area contributed by atoms with E-state index in [2.05, 4.69) is 57.3 Å². The zero-order chi connectivity index (χ0) is 43.0. The number of ether oxygens (including phenoxy) is 3. The van der Waals surface area contributed by atoms with Gasteiger partial charge in [0.2, 0.25) is 0 Å². The second-order valence-electron chi connectivity index (χ2n) is 16.8. The molecule has 4 rings (SSSR count). The molecule has 1 saturated carbocycles. The third-order valence-electron chi connectivity index (χ3n) is 11.9. The first-order valence-electron chi connectivity index (χ1n) is 21.9. The normalized spacial score (nSPS) is 15.5. The number of hydrogen-bond donors (Lipinski definition) is 3. The zero-order valence-corrected chi connectivity index (χ0v) is 36.3. The predicted octanol–water partition coefficient (Wildman–Crippen LogP) is 9.92. The molecule has 1 fully saturated rings. The van der Waals surface area contributed by atoms with Crippen molar-refractivity contribution >= 4 is 11.9 Å². The van der Waals surface area contributed by atoms with Crippen molar-refractivity contribution in [1.29, 1.82) is 0 Å². The fourth-order valence-corrected chi connectivity index (χ4v) is 8.05. The molecule has 1 aliphatic rings. The minimum absolute atomic E-state index is 0.0240. The minimum atomic E-state index is -0.837. The Morgan fingerprint density at radius 1 is 0.746 bits per heavy atom. The maximum absolute atomic E-state index is 16.0. The zero-order valence-electron chi connectivity index (χ0n) is 36.3. The minimum Gasteiger partial charge on any atom is -0.492 e. The van der Waals surface area contributed by atoms with Crippen molar-refractivity contribution in [2.24, 2.45) is 28.5 Å². The maximum atomic E-state index is 16.0. The number of aryl methyl sites for hydroxylation is 3. The highest BCUT2D eigenvalue weighted by atomic mass is 19.1. The van der Waals surface area contributed by atoms with Crippen LogP contribution in [0.3, 0.4) is 0 Å². The molecule has 1 aliphatic carbocycles. The second-order valence-corrected chi connectivity index (χ2v) is 16.8. The Labute approximate surface area is 353 Å². The molecule has 6 N–H and O–H groups in total. The summed E-state index contributed by atoms with van der Waals surface area (Å²) in [6, 6.07) is 16.4. The number of halogens is 1. The van der Waals surface area contributed by atoms with Gasteiger partial charge in [0.05, 0.1) is 18.6 Å². The summed E-state index contributed by atoms with van der Waals surface area (Å²) in [7, 11) is 0. The van der Waals surface area contributed by atoms with Crippen LogP contribution in [0, 0.1) is 17.2 Å². The van der Waals surface area contributed by atoms with Crippen LogP contribution in [0.15, 0.2) is 72.8 Å². The number of carbonyl (C=O) groups excluding carboxylic acids is 2. The van der Waals surface area contributed by atoms with E-state index >= 15 is 4.39 Å². The predicted molar refractivity (Wildman–Crippen MR) is 239 cm³/mol. The van der Waals surface area contributed by atoms with Gasteiger partial charge in [0.15, 0.2) is 0 Å². The van der Waals surface area contributed by atoms with Gasteiger partial charge >= 0.3 is 11.9 Å². The SMILES string of the molecule is C=C(C)C(=O)OCCCc1cc(-c2ccc(-c3ccc(C4CCC(CCCCC)CC4)cc3F)c(CC)c2)cc(CCCN)c1OCC(CN)(CN)COC(=O)C(=C)C. The molecule has 322 valence electrons. The van der Waals surface area contributed by atoms with Crippen LogP contribution in [-0.4, -0.2) is 51.4 Å². The van der Waals surface area contributed by atoms with Crippen LogP contribution >= 0.6 is 0 Å². The Morgan fingerprint density at radius 2 is 1.37 bits per heavy atom. The highest BCUT2D eigenvalue weighted by Crippen LogP contribution is 2.40. The summed E-state index contributed by atoms with van der Waals surface area (Å²) in [6.45, 7) is 16.0. The first-order valence-corrected chi connectivity index (χ1v) is 21.9. The topological polar surface area (TPSA) is 140 Å². The Hall–Kier alpha value is -4.31. The van der Waals surface area contributed by atoms with Crippen LogP contribution in [0.2, 0.25) is 0 Å². The first kappa shape index (κ1) is 47.4. The van der Waals surface area contributed by atoms with Crippen LogP contribution in [-0.2, 0) is 38.3 Å². The van der Waals surface area contributed by atoms with Crippen LogP contribution < -0.4 is 21.9 Å². The van der Waals surface area contributed by atoms with Crippen molar-refractivity contribution in [2.45, 2.75) is 117 Å². The lowest BCUT2D eigenvalue weighted by atomic mass is 9.77. The van der Waals surface area contributed by atoms with E-state index in [0.29, 0.717) is 48.6 Å². The standard InChI is InChI=1S/C50H70FN3O5/c1-7-9-10-13-36-16-18-38(19-17-36)40-21-23-45(46(51)29-40)44-22-20-39(26-37(44)8-2)43-27-41(14-11-24-52)47(42(28-43)15-12-25-57-48(55)34(3)4)58-32-50(30-53,31-54)33-59-49(56)35(5)6/h20-23,26-29,36,38H,3,5,7-19,24-25,30-33,52-54H2,1-2,4,6H3. The van der Waals surface area contributed by atoms with Gasteiger partial charge in [-0.15, -0.1) is 0 Å². The van der Waals surface area contributed by atoms with Crippen molar-refractivity contribution in [1.82, 2.24) is 0 Å². The lowest BCUT2D eigenvalue weighted by Crippen LogP contribution is -2.47. The average molecular weight is 812 g/mol. The maximum Gasteiger partial charge on any atom is 0.333 e. The van der Waals surface area contributed by atoms with E-state index in [0.717, 1.165) is 70.5 Å². The fourth-order valence-electron chi connectivity index (χ4n) is 8.05. The number of unbranched alkanes of at least 4 members (excludes halogenated alkanes) is 2. The highest BCUT2D eigenvalue weighted by Gasteiger charge is 2.32. The summed E-state index contributed by atoms with van der Waals surface area (Å²) >= 11 is 0. The van der Waals surface area contributed by atoms with Crippen molar-refractivity contribution < 1.29 is 28.2 Å². The number of benzene rings is 3. The third-order valence-corrected chi connectivity index (χ3v) is 11.9. The molecule has 0 radical (unpaired) electrons. The van der Waals surface area contributed by atoms with Crippen LogP contribution in [0.25, 0.3) is 22.3 Å². The van der Waals surface area contributed by atoms with E-state index < -0.39 is 17.4 Å². The molecule has 0 unspecified atom stereocenters. The summed E-state index contributed by atoms with van der Waals surface area (Å²) in [4.78, 5) is 24.5. The lowest BCUT2D eigenvalue weighted by Gasteiger charge is -2.31. The quantitative estimate of drug-likeness (QED) is 0.0462. The van der Waals surface area contributed by atoms with Crippen LogP contribution in [0.1, 0.15) is 120 Å². The van der Waals surface area contributed by atoms with Crippen molar-refractivity contribution in [3.8, 4) is 28.0 Å². The van der Waals surface area contributed by atoms with Crippen LogP contribution in [0.5, 0.6) is 5.75 Å². The van der Waals surface area contributed by atoms with Gasteiger partial charge in [0.25, 0.3) is 0 Å². The number of carbonyl (C=O) groups is 2. The van der Waals surface area contributed by atoms with Gasteiger partial charge in [-0.3, -0.25) is 0 Å². The van der Waals surface area contributed by atoms with E-state index in [1.165, 1.54) is 38.5 Å². The summed E-state index contributed by atoms with van der Waals surface area (Å²) in [5.41, 5.74) is 25.8. The van der Waals surface area contributed by atoms with E-state index in [4.69, 9.17) is 31.4 Å².